The third-order valence-electron chi connectivity index (χ3n) is 9.53. The predicted molar refractivity (Wildman–Crippen MR) is 189 cm³/mol. The number of rotatable bonds is 13. The number of carbonyl (C=O) groups is 2. The maximum atomic E-state index is 14.2. The van der Waals surface area contributed by atoms with Crippen molar-refractivity contribution in [2.24, 2.45) is 5.92 Å². The number of hydrogen-bond acceptors (Lipinski definition) is 5. The number of nitrogens with one attached hydrogen (secondary N) is 1. The Morgan fingerprint density at radius 1 is 0.980 bits per heavy atom. The molecule has 1 aromatic heterocycles. The maximum Gasteiger partial charge on any atom is 0.410 e. The molecule has 0 saturated heterocycles. The summed E-state index contributed by atoms with van der Waals surface area (Å²) in [6.45, 7) is 5.04. The SMILES string of the molecule is CC[C@H](C)[C@@H](CN(Cc1cccc(F)c1)C(=O)OCC1c2ccccc2-c2ccccc21)NC(=O)Cc1cncn1Cc1ccc(C#N)cc1. The molecule has 1 aliphatic carbocycles. The number of carbonyl (C=O) groups excluding carboxylic acids is 2. The van der Waals surface area contributed by atoms with Crippen LogP contribution in [-0.4, -0.2) is 45.6 Å². The summed E-state index contributed by atoms with van der Waals surface area (Å²) in [5.41, 5.74) is 7.43. The molecule has 1 N–H and O–H groups in total. The van der Waals surface area contributed by atoms with Crippen LogP contribution in [0.4, 0.5) is 9.18 Å². The van der Waals surface area contributed by atoms with Crippen LogP contribution < -0.4 is 5.32 Å². The van der Waals surface area contributed by atoms with E-state index in [2.05, 4.69) is 40.6 Å². The van der Waals surface area contributed by atoms with Crippen molar-refractivity contribution in [3.63, 3.8) is 0 Å². The van der Waals surface area contributed by atoms with Crippen LogP contribution in [0, 0.1) is 23.1 Å². The molecule has 0 aliphatic heterocycles. The maximum absolute atomic E-state index is 14.2. The highest BCUT2D eigenvalue weighted by molar-refractivity contribution is 5.79. The van der Waals surface area contributed by atoms with E-state index >= 15 is 0 Å². The Labute approximate surface area is 292 Å². The van der Waals surface area contributed by atoms with Gasteiger partial charge in [0, 0.05) is 43.5 Å². The zero-order chi connectivity index (χ0) is 35.0. The van der Waals surface area contributed by atoms with Crippen LogP contribution in [0.5, 0.6) is 0 Å². The van der Waals surface area contributed by atoms with Crippen molar-refractivity contribution in [3.05, 3.63) is 149 Å². The molecule has 254 valence electrons. The average Bonchev–Trinajstić information content (AvgIpc) is 3.70. The van der Waals surface area contributed by atoms with Crippen molar-refractivity contribution in [2.45, 2.75) is 51.7 Å². The van der Waals surface area contributed by atoms with Gasteiger partial charge in [-0.05, 0) is 63.6 Å². The lowest BCUT2D eigenvalue weighted by Crippen LogP contribution is -2.49. The number of imidazole rings is 1. The van der Waals surface area contributed by atoms with Crippen molar-refractivity contribution < 1.29 is 18.7 Å². The Hall–Kier alpha value is -5.75. The molecular weight excluding hydrogens is 629 g/mol. The lowest BCUT2D eigenvalue weighted by Gasteiger charge is -2.31. The van der Waals surface area contributed by atoms with Crippen LogP contribution in [0.1, 0.15) is 59.7 Å². The molecule has 4 aromatic carbocycles. The number of nitrogens with zero attached hydrogens (tertiary/aromatic N) is 4. The highest BCUT2D eigenvalue weighted by atomic mass is 19.1. The third-order valence-corrected chi connectivity index (χ3v) is 9.53. The van der Waals surface area contributed by atoms with Crippen molar-refractivity contribution in [3.8, 4) is 17.2 Å². The monoisotopic (exact) mass is 669 g/mol. The van der Waals surface area contributed by atoms with Gasteiger partial charge in [-0.15, -0.1) is 0 Å². The van der Waals surface area contributed by atoms with Crippen LogP contribution >= 0.6 is 0 Å². The summed E-state index contributed by atoms with van der Waals surface area (Å²) in [5.74, 6) is -0.671. The molecule has 2 atom stereocenters. The molecule has 0 fully saturated rings. The van der Waals surface area contributed by atoms with E-state index in [0.29, 0.717) is 17.7 Å². The molecule has 1 aliphatic rings. The van der Waals surface area contributed by atoms with Crippen molar-refractivity contribution in [1.82, 2.24) is 19.8 Å². The molecule has 0 saturated carbocycles. The molecule has 0 bridgehead atoms. The van der Waals surface area contributed by atoms with E-state index in [4.69, 9.17) is 10.00 Å². The van der Waals surface area contributed by atoms with E-state index in [9.17, 15) is 14.0 Å². The van der Waals surface area contributed by atoms with Crippen LogP contribution in [0.15, 0.2) is 110 Å². The molecule has 1 heterocycles. The number of fused-ring (bicyclic) bond motifs is 3. The van der Waals surface area contributed by atoms with Crippen molar-refractivity contribution >= 4 is 12.0 Å². The van der Waals surface area contributed by atoms with Gasteiger partial charge in [0.2, 0.25) is 5.91 Å². The Kier molecular flexibility index (Phi) is 10.7. The second-order valence-corrected chi connectivity index (χ2v) is 12.9. The highest BCUT2D eigenvalue weighted by Crippen LogP contribution is 2.44. The molecule has 0 unspecified atom stereocenters. The zero-order valence-electron chi connectivity index (χ0n) is 28.3. The van der Waals surface area contributed by atoms with E-state index in [0.717, 1.165) is 39.9 Å². The number of benzene rings is 4. The van der Waals surface area contributed by atoms with Gasteiger partial charge in [0.15, 0.2) is 0 Å². The normalized spacial score (nSPS) is 13.1. The van der Waals surface area contributed by atoms with E-state index in [-0.39, 0.29) is 49.7 Å². The first kappa shape index (κ1) is 34.1. The summed E-state index contributed by atoms with van der Waals surface area (Å²) in [6.07, 6.45) is 3.69. The van der Waals surface area contributed by atoms with E-state index in [1.165, 1.54) is 12.1 Å². The molecule has 6 rings (SSSR count). The summed E-state index contributed by atoms with van der Waals surface area (Å²) >= 11 is 0. The molecule has 50 heavy (non-hydrogen) atoms. The molecule has 0 spiro atoms. The van der Waals surface area contributed by atoms with Crippen molar-refractivity contribution in [2.75, 3.05) is 13.2 Å². The fourth-order valence-electron chi connectivity index (χ4n) is 6.58. The van der Waals surface area contributed by atoms with E-state index < -0.39 is 12.1 Å². The quantitative estimate of drug-likeness (QED) is 0.140. The Bertz CT molecular complexity index is 1950. The van der Waals surface area contributed by atoms with Gasteiger partial charge >= 0.3 is 6.09 Å². The minimum Gasteiger partial charge on any atom is -0.448 e. The molecule has 0 radical (unpaired) electrons. The van der Waals surface area contributed by atoms with Crippen LogP contribution in [0.2, 0.25) is 0 Å². The first-order valence-corrected chi connectivity index (χ1v) is 16.9. The molecule has 8 nitrogen and oxygen atoms in total. The van der Waals surface area contributed by atoms with Crippen molar-refractivity contribution in [1.29, 1.82) is 5.26 Å². The second-order valence-electron chi connectivity index (χ2n) is 12.9. The van der Waals surface area contributed by atoms with E-state index in [1.54, 1.807) is 41.7 Å². The fourth-order valence-corrected chi connectivity index (χ4v) is 6.58. The van der Waals surface area contributed by atoms with Crippen LogP contribution in [0.3, 0.4) is 0 Å². The third kappa shape index (κ3) is 7.92. The number of halogens is 1. The first-order chi connectivity index (χ1) is 24.3. The predicted octanol–water partition coefficient (Wildman–Crippen LogP) is 7.47. The lowest BCUT2D eigenvalue weighted by molar-refractivity contribution is -0.121. The number of aromatic nitrogens is 2. The molecular formula is C41H40FN5O3. The Balaban J connectivity index is 1.17. The second kappa shape index (κ2) is 15.6. The Morgan fingerprint density at radius 2 is 1.68 bits per heavy atom. The largest absolute Gasteiger partial charge is 0.448 e. The zero-order valence-corrected chi connectivity index (χ0v) is 28.3. The highest BCUT2D eigenvalue weighted by Gasteiger charge is 2.31. The summed E-state index contributed by atoms with van der Waals surface area (Å²) in [6, 6.07) is 31.6. The number of ether oxygens (including phenoxy) is 1. The summed E-state index contributed by atoms with van der Waals surface area (Å²) in [4.78, 5) is 33.3. The van der Waals surface area contributed by atoms with Crippen LogP contribution in [-0.2, 0) is 29.0 Å². The summed E-state index contributed by atoms with van der Waals surface area (Å²) in [5, 5.41) is 12.3. The average molecular weight is 670 g/mol. The topological polar surface area (TPSA) is 100 Å². The smallest absolute Gasteiger partial charge is 0.410 e. The standard InChI is InChI=1S/C41H40FN5O3/c1-3-28(2)39(45-40(48)20-33-22-44-27-47(33)23-30-17-15-29(21-43)16-18-30)25-46(24-31-9-8-10-32(42)19-31)41(49)50-26-38-36-13-6-4-11-34(36)35-12-5-7-14-37(35)38/h4-19,22,27-28,38-39H,3,20,23-26H2,1-2H3,(H,45,48)/t28-,39+/m0/s1. The van der Waals surface area contributed by atoms with E-state index in [1.807, 2.05) is 54.8 Å². The van der Waals surface area contributed by atoms with Crippen LogP contribution in [0.25, 0.3) is 11.1 Å². The molecule has 9 heteroatoms. The summed E-state index contributed by atoms with van der Waals surface area (Å²) < 4.78 is 22.2. The lowest BCUT2D eigenvalue weighted by atomic mass is 9.98. The van der Waals surface area contributed by atoms with Gasteiger partial charge in [0.1, 0.15) is 12.4 Å². The van der Waals surface area contributed by atoms with Gasteiger partial charge in [-0.3, -0.25) is 4.79 Å². The first-order valence-electron chi connectivity index (χ1n) is 16.9. The van der Waals surface area contributed by atoms with Gasteiger partial charge in [0.25, 0.3) is 0 Å². The number of hydrogen-bond donors (Lipinski definition) is 1. The minimum atomic E-state index is -0.529. The van der Waals surface area contributed by atoms with Gasteiger partial charge in [0.05, 0.1) is 24.4 Å². The molecule has 5 aromatic rings. The number of nitriles is 1. The Morgan fingerprint density at radius 3 is 2.34 bits per heavy atom. The molecule has 2 amide bonds. The van der Waals surface area contributed by atoms with Gasteiger partial charge in [-0.25, -0.2) is 14.2 Å². The fraction of sp³-hybridized carbons (Fsp3) is 0.268. The van der Waals surface area contributed by atoms with Gasteiger partial charge in [-0.1, -0.05) is 93.1 Å². The van der Waals surface area contributed by atoms with Gasteiger partial charge < -0.3 is 19.5 Å². The summed E-state index contributed by atoms with van der Waals surface area (Å²) in [7, 11) is 0. The van der Waals surface area contributed by atoms with Gasteiger partial charge in [-0.2, -0.15) is 5.26 Å². The number of amides is 2. The minimum absolute atomic E-state index is 0.0268.